The van der Waals surface area contributed by atoms with E-state index in [4.69, 9.17) is 0 Å². The number of hydrogen-bond donors (Lipinski definition) is 2. The van der Waals surface area contributed by atoms with E-state index in [0.29, 0.717) is 10.8 Å². The zero-order valence-electron chi connectivity index (χ0n) is 15.1. The van der Waals surface area contributed by atoms with Crippen LogP contribution >= 0.6 is 11.3 Å². The average Bonchev–Trinajstić information content (AvgIpc) is 3.01. The fourth-order valence-electron chi connectivity index (χ4n) is 3.27. The molecule has 4 rings (SSSR count). The molecule has 3 aromatic rings. The molecule has 0 radical (unpaired) electrons. The summed E-state index contributed by atoms with van der Waals surface area (Å²) in [5, 5.41) is 6.27. The van der Waals surface area contributed by atoms with Gasteiger partial charge < -0.3 is 10.6 Å². The lowest BCUT2D eigenvalue weighted by Crippen LogP contribution is -2.30. The van der Waals surface area contributed by atoms with Gasteiger partial charge in [0.2, 0.25) is 11.8 Å². The van der Waals surface area contributed by atoms with Gasteiger partial charge in [-0.25, -0.2) is 4.98 Å². The van der Waals surface area contributed by atoms with Crippen molar-refractivity contribution in [2.24, 2.45) is 0 Å². The first-order valence-electron chi connectivity index (χ1n) is 8.75. The molecule has 2 N–H and O–H groups in total. The molecular formula is C21H19N3O2S. The highest BCUT2D eigenvalue weighted by Crippen LogP contribution is 2.35. The van der Waals surface area contributed by atoms with E-state index in [1.165, 1.54) is 16.9 Å². The summed E-state index contributed by atoms with van der Waals surface area (Å²) in [4.78, 5) is 30.5. The highest BCUT2D eigenvalue weighted by Gasteiger charge is 2.31. The molecule has 1 atom stereocenters. The lowest BCUT2D eigenvalue weighted by Gasteiger charge is -2.24. The molecule has 0 aliphatic carbocycles. The van der Waals surface area contributed by atoms with E-state index in [-0.39, 0.29) is 18.2 Å². The predicted molar refractivity (Wildman–Crippen MR) is 108 cm³/mol. The molecule has 1 unspecified atom stereocenters. The number of anilines is 2. The highest BCUT2D eigenvalue weighted by molar-refractivity contribution is 7.16. The number of amides is 2. The van der Waals surface area contributed by atoms with Crippen molar-refractivity contribution < 1.29 is 9.59 Å². The van der Waals surface area contributed by atoms with Crippen LogP contribution in [-0.2, 0) is 9.59 Å². The van der Waals surface area contributed by atoms with Gasteiger partial charge in [0.05, 0.1) is 11.6 Å². The predicted octanol–water partition coefficient (Wildman–Crippen LogP) is 4.49. The van der Waals surface area contributed by atoms with E-state index >= 15 is 0 Å². The second-order valence-corrected chi connectivity index (χ2v) is 7.87. The summed E-state index contributed by atoms with van der Waals surface area (Å²) in [6, 6.07) is 15.6. The van der Waals surface area contributed by atoms with Crippen molar-refractivity contribution >= 4 is 34.0 Å². The van der Waals surface area contributed by atoms with E-state index in [1.54, 1.807) is 0 Å². The molecule has 0 saturated carbocycles. The summed E-state index contributed by atoms with van der Waals surface area (Å²) in [5.41, 5.74) is 4.62. The Morgan fingerprint density at radius 2 is 1.89 bits per heavy atom. The van der Waals surface area contributed by atoms with Crippen molar-refractivity contribution in [1.82, 2.24) is 4.98 Å². The van der Waals surface area contributed by atoms with Gasteiger partial charge in [-0.3, -0.25) is 9.59 Å². The Labute approximate surface area is 161 Å². The van der Waals surface area contributed by atoms with Gasteiger partial charge in [-0.1, -0.05) is 48.0 Å². The first-order chi connectivity index (χ1) is 13.0. The number of aryl methyl sites for hydroxylation is 2. The van der Waals surface area contributed by atoms with Gasteiger partial charge in [-0.05, 0) is 25.5 Å². The lowest BCUT2D eigenvalue weighted by molar-refractivity contribution is -0.123. The van der Waals surface area contributed by atoms with Crippen LogP contribution < -0.4 is 10.6 Å². The third-order valence-corrected chi connectivity index (χ3v) is 5.55. The normalized spacial score (nSPS) is 15.8. The van der Waals surface area contributed by atoms with Crippen LogP contribution in [-0.4, -0.2) is 16.8 Å². The molecule has 2 aromatic carbocycles. The van der Waals surface area contributed by atoms with Gasteiger partial charge in [0.15, 0.2) is 5.13 Å². The number of aromatic nitrogens is 1. The molecule has 136 valence electrons. The zero-order chi connectivity index (χ0) is 19.0. The Bertz CT molecular complexity index is 1020. The van der Waals surface area contributed by atoms with Crippen LogP contribution in [0, 0.1) is 13.8 Å². The van der Waals surface area contributed by atoms with Crippen molar-refractivity contribution in [3.8, 4) is 11.3 Å². The highest BCUT2D eigenvalue weighted by atomic mass is 32.1. The Balaban J connectivity index is 1.58. The van der Waals surface area contributed by atoms with Crippen LogP contribution in [0.5, 0.6) is 0 Å². The molecule has 2 heterocycles. The Kier molecular flexibility index (Phi) is 4.49. The van der Waals surface area contributed by atoms with Crippen molar-refractivity contribution in [2.45, 2.75) is 26.2 Å². The molecule has 1 aliphatic heterocycles. The number of para-hydroxylation sites is 1. The van der Waals surface area contributed by atoms with Crippen LogP contribution in [0.15, 0.2) is 48.5 Å². The van der Waals surface area contributed by atoms with Gasteiger partial charge in [-0.15, -0.1) is 11.3 Å². The second kappa shape index (κ2) is 6.96. The molecule has 5 nitrogen and oxygen atoms in total. The number of carbonyl (C=O) groups is 2. The fourth-order valence-corrected chi connectivity index (χ4v) is 4.11. The summed E-state index contributed by atoms with van der Waals surface area (Å²) < 4.78 is 0. The largest absolute Gasteiger partial charge is 0.326 e. The summed E-state index contributed by atoms with van der Waals surface area (Å²) in [5.74, 6) is -0.868. The van der Waals surface area contributed by atoms with Crippen LogP contribution in [0.25, 0.3) is 11.3 Å². The maximum Gasteiger partial charge on any atom is 0.234 e. The number of nitrogens with zero attached hydrogens (tertiary/aromatic N) is 1. The SMILES string of the molecule is Cc1ccc(-c2nc(NC(=O)C3CC(=O)Nc4ccccc43)sc2C)cc1. The Morgan fingerprint density at radius 1 is 1.15 bits per heavy atom. The molecule has 6 heteroatoms. The minimum Gasteiger partial charge on any atom is -0.326 e. The number of thiazole rings is 1. The second-order valence-electron chi connectivity index (χ2n) is 6.67. The van der Waals surface area contributed by atoms with Gasteiger partial charge in [-0.2, -0.15) is 0 Å². The molecule has 27 heavy (non-hydrogen) atoms. The first-order valence-corrected chi connectivity index (χ1v) is 9.57. The van der Waals surface area contributed by atoms with Gasteiger partial charge >= 0.3 is 0 Å². The number of hydrogen-bond acceptors (Lipinski definition) is 4. The number of carbonyl (C=O) groups excluding carboxylic acids is 2. The first kappa shape index (κ1) is 17.4. The number of benzene rings is 2. The number of rotatable bonds is 3. The summed E-state index contributed by atoms with van der Waals surface area (Å²) in [7, 11) is 0. The van der Waals surface area contributed by atoms with Crippen molar-refractivity contribution in [2.75, 3.05) is 10.6 Å². The Hall–Kier alpha value is -2.99. The summed E-state index contributed by atoms with van der Waals surface area (Å²) >= 11 is 1.44. The smallest absolute Gasteiger partial charge is 0.234 e. The third kappa shape index (κ3) is 3.48. The maximum atomic E-state index is 12.9. The molecule has 0 spiro atoms. The van der Waals surface area contributed by atoms with Gasteiger partial charge in [0.25, 0.3) is 0 Å². The van der Waals surface area contributed by atoms with Gasteiger partial charge in [0.1, 0.15) is 0 Å². The van der Waals surface area contributed by atoms with E-state index in [9.17, 15) is 9.59 Å². The average molecular weight is 377 g/mol. The monoisotopic (exact) mass is 377 g/mol. The summed E-state index contributed by atoms with van der Waals surface area (Å²) in [6.07, 6.45) is 0.137. The fraction of sp³-hybridized carbons (Fsp3) is 0.190. The molecule has 0 fully saturated rings. The minimum absolute atomic E-state index is 0.137. The number of nitrogens with one attached hydrogen (secondary N) is 2. The van der Waals surface area contributed by atoms with Crippen molar-refractivity contribution in [1.29, 1.82) is 0 Å². The maximum absolute atomic E-state index is 12.9. The van der Waals surface area contributed by atoms with E-state index in [2.05, 4.69) is 15.6 Å². The molecule has 2 amide bonds. The van der Waals surface area contributed by atoms with E-state index < -0.39 is 5.92 Å². The number of fused-ring (bicyclic) bond motifs is 1. The Morgan fingerprint density at radius 3 is 2.67 bits per heavy atom. The lowest BCUT2D eigenvalue weighted by atomic mass is 9.90. The minimum atomic E-state index is -0.512. The quantitative estimate of drug-likeness (QED) is 0.706. The molecule has 1 aliphatic rings. The zero-order valence-corrected chi connectivity index (χ0v) is 15.9. The van der Waals surface area contributed by atoms with E-state index in [1.807, 2.05) is 62.4 Å². The molecule has 1 aromatic heterocycles. The van der Waals surface area contributed by atoms with Crippen LogP contribution in [0.2, 0.25) is 0 Å². The van der Waals surface area contributed by atoms with Crippen LogP contribution in [0.4, 0.5) is 10.8 Å². The van der Waals surface area contributed by atoms with E-state index in [0.717, 1.165) is 21.7 Å². The molecule has 0 bridgehead atoms. The molecular weight excluding hydrogens is 358 g/mol. The van der Waals surface area contributed by atoms with Crippen molar-refractivity contribution in [3.05, 3.63) is 64.5 Å². The third-order valence-electron chi connectivity index (χ3n) is 4.67. The summed E-state index contributed by atoms with van der Waals surface area (Å²) in [6.45, 7) is 4.04. The topological polar surface area (TPSA) is 71.1 Å². The van der Waals surface area contributed by atoms with Crippen LogP contribution in [0.1, 0.15) is 28.3 Å². The van der Waals surface area contributed by atoms with Crippen molar-refractivity contribution in [3.63, 3.8) is 0 Å². The standard InChI is InChI=1S/C21H19N3O2S/c1-12-7-9-14(10-8-12)19-13(2)27-21(23-19)24-20(26)16-11-18(25)22-17-6-4-3-5-15(16)17/h3-10,16H,11H2,1-2H3,(H,22,25)(H,23,24,26). The van der Waals surface area contributed by atoms with Crippen LogP contribution in [0.3, 0.4) is 0 Å². The van der Waals surface area contributed by atoms with Gasteiger partial charge in [0, 0.05) is 22.5 Å². The molecule has 0 saturated heterocycles.